The lowest BCUT2D eigenvalue weighted by molar-refractivity contribution is 0.660. The maximum absolute atomic E-state index is 2.48. The standard InChI is InChI=1S/C62H45N/c1-61(2)57-30-18-17-28-51(57)52-37-35-49(40-59(52)61)63(47-33-31-43(32-34-47)42-19-7-3-8-20-42)48-36-38-58-55(39-48)56-41-54(44-21-9-4-10-22-44)50-27-15-16-29-53(50)60(56)62(58,45-23-11-5-12-24-45)46-25-13-6-14-26-46/h3-41H,1-2H3. The highest BCUT2D eigenvalue weighted by Crippen LogP contribution is 2.60. The van der Waals surface area contributed by atoms with Crippen molar-refractivity contribution < 1.29 is 0 Å². The summed E-state index contributed by atoms with van der Waals surface area (Å²) in [6, 6.07) is 87.9. The molecule has 0 fully saturated rings. The summed E-state index contributed by atoms with van der Waals surface area (Å²) in [5, 5.41) is 2.53. The van der Waals surface area contributed by atoms with Gasteiger partial charge in [0.15, 0.2) is 0 Å². The van der Waals surface area contributed by atoms with E-state index in [0.29, 0.717) is 0 Å². The third-order valence-corrected chi connectivity index (χ3v) is 13.9. The van der Waals surface area contributed by atoms with E-state index in [9.17, 15) is 0 Å². The lowest BCUT2D eigenvalue weighted by Gasteiger charge is -2.35. The summed E-state index contributed by atoms with van der Waals surface area (Å²) in [7, 11) is 0. The van der Waals surface area contributed by atoms with Crippen molar-refractivity contribution in [1.29, 1.82) is 0 Å². The Bertz CT molecular complexity index is 3290. The van der Waals surface area contributed by atoms with E-state index in [1.54, 1.807) is 0 Å². The molecular weight excluding hydrogens is 759 g/mol. The molecule has 1 nitrogen and oxygen atoms in total. The van der Waals surface area contributed by atoms with Crippen LogP contribution in [0.5, 0.6) is 0 Å². The molecule has 0 spiro atoms. The minimum atomic E-state index is -0.563. The van der Waals surface area contributed by atoms with Crippen molar-refractivity contribution in [2.75, 3.05) is 4.90 Å². The Hall–Kier alpha value is -7.74. The molecule has 0 atom stereocenters. The first kappa shape index (κ1) is 37.1. The van der Waals surface area contributed by atoms with Gasteiger partial charge >= 0.3 is 0 Å². The van der Waals surface area contributed by atoms with Crippen LogP contribution in [0.3, 0.4) is 0 Å². The highest BCUT2D eigenvalue weighted by molar-refractivity contribution is 6.08. The van der Waals surface area contributed by atoms with E-state index in [0.717, 1.165) is 17.1 Å². The normalized spacial score (nSPS) is 13.8. The smallest absolute Gasteiger partial charge is 0.0719 e. The first-order chi connectivity index (χ1) is 31.0. The van der Waals surface area contributed by atoms with Gasteiger partial charge < -0.3 is 4.90 Å². The molecule has 0 aliphatic heterocycles. The zero-order chi connectivity index (χ0) is 42.1. The highest BCUT2D eigenvalue weighted by Gasteiger charge is 2.48. The van der Waals surface area contributed by atoms with Crippen molar-refractivity contribution in [1.82, 2.24) is 0 Å². The van der Waals surface area contributed by atoms with Gasteiger partial charge in [0.05, 0.1) is 5.41 Å². The predicted molar refractivity (Wildman–Crippen MR) is 264 cm³/mol. The van der Waals surface area contributed by atoms with Crippen molar-refractivity contribution in [3.05, 3.63) is 270 Å². The maximum Gasteiger partial charge on any atom is 0.0719 e. The lowest BCUT2D eigenvalue weighted by Crippen LogP contribution is -2.29. The molecule has 0 amide bonds. The van der Waals surface area contributed by atoms with E-state index in [1.807, 2.05) is 0 Å². The van der Waals surface area contributed by atoms with Crippen LogP contribution in [-0.4, -0.2) is 0 Å². The molecule has 298 valence electrons. The van der Waals surface area contributed by atoms with Gasteiger partial charge in [-0.05, 0) is 131 Å². The number of fused-ring (bicyclic) bond motifs is 8. The Morgan fingerprint density at radius 1 is 0.302 bits per heavy atom. The van der Waals surface area contributed by atoms with Crippen LogP contribution < -0.4 is 4.90 Å². The number of benzene rings is 10. The molecule has 12 rings (SSSR count). The fourth-order valence-electron chi connectivity index (χ4n) is 11.1. The quantitative estimate of drug-likeness (QED) is 0.155. The summed E-state index contributed by atoms with van der Waals surface area (Å²) >= 11 is 0. The van der Waals surface area contributed by atoms with Gasteiger partial charge in [-0.2, -0.15) is 0 Å². The largest absolute Gasteiger partial charge is 0.310 e. The van der Waals surface area contributed by atoms with Gasteiger partial charge in [-0.3, -0.25) is 0 Å². The summed E-state index contributed by atoms with van der Waals surface area (Å²) in [6.07, 6.45) is 0. The van der Waals surface area contributed by atoms with E-state index in [1.165, 1.54) is 88.7 Å². The molecule has 2 aliphatic carbocycles. The predicted octanol–water partition coefficient (Wildman–Crippen LogP) is 16.3. The Kier molecular flexibility index (Phi) is 8.49. The van der Waals surface area contributed by atoms with Crippen molar-refractivity contribution in [2.24, 2.45) is 0 Å². The molecule has 0 heterocycles. The van der Waals surface area contributed by atoms with Crippen molar-refractivity contribution in [2.45, 2.75) is 24.7 Å². The monoisotopic (exact) mass is 803 g/mol. The zero-order valence-electron chi connectivity index (χ0n) is 35.5. The van der Waals surface area contributed by atoms with Crippen molar-refractivity contribution in [3.8, 4) is 44.5 Å². The van der Waals surface area contributed by atoms with E-state index < -0.39 is 5.41 Å². The lowest BCUT2D eigenvalue weighted by atomic mass is 9.66. The molecule has 63 heavy (non-hydrogen) atoms. The van der Waals surface area contributed by atoms with Gasteiger partial charge in [-0.25, -0.2) is 0 Å². The molecule has 0 radical (unpaired) electrons. The molecule has 0 bridgehead atoms. The van der Waals surface area contributed by atoms with Crippen LogP contribution in [-0.2, 0) is 10.8 Å². The molecular formula is C62H45N. The van der Waals surface area contributed by atoms with Crippen molar-refractivity contribution >= 4 is 27.8 Å². The number of anilines is 3. The fourth-order valence-corrected chi connectivity index (χ4v) is 11.1. The number of hydrogen-bond donors (Lipinski definition) is 0. The van der Waals surface area contributed by atoms with Crippen molar-refractivity contribution in [3.63, 3.8) is 0 Å². The summed E-state index contributed by atoms with van der Waals surface area (Å²) in [5.74, 6) is 0. The molecule has 0 aromatic heterocycles. The van der Waals surface area contributed by atoms with Gasteiger partial charge in [0.1, 0.15) is 0 Å². The second kappa shape index (κ2) is 14.4. The maximum atomic E-state index is 2.48. The molecule has 0 N–H and O–H groups in total. The van der Waals surface area contributed by atoms with Gasteiger partial charge in [0, 0.05) is 22.5 Å². The van der Waals surface area contributed by atoms with Crippen LogP contribution in [0.1, 0.15) is 47.2 Å². The van der Waals surface area contributed by atoms with Gasteiger partial charge in [-0.1, -0.05) is 208 Å². The van der Waals surface area contributed by atoms with Crippen LogP contribution in [0.2, 0.25) is 0 Å². The zero-order valence-corrected chi connectivity index (χ0v) is 35.5. The first-order valence-corrected chi connectivity index (χ1v) is 22.1. The number of rotatable bonds is 7. The van der Waals surface area contributed by atoms with E-state index in [4.69, 9.17) is 0 Å². The summed E-state index contributed by atoms with van der Waals surface area (Å²) < 4.78 is 0. The third-order valence-electron chi connectivity index (χ3n) is 13.9. The minimum Gasteiger partial charge on any atom is -0.310 e. The van der Waals surface area contributed by atoms with E-state index in [-0.39, 0.29) is 5.41 Å². The Morgan fingerprint density at radius 3 is 1.49 bits per heavy atom. The van der Waals surface area contributed by atoms with E-state index >= 15 is 0 Å². The molecule has 10 aromatic carbocycles. The van der Waals surface area contributed by atoms with Crippen LogP contribution in [0.4, 0.5) is 17.1 Å². The molecule has 2 aliphatic rings. The first-order valence-electron chi connectivity index (χ1n) is 22.1. The Labute approximate surface area is 370 Å². The second-order valence-electron chi connectivity index (χ2n) is 17.6. The molecule has 10 aromatic rings. The van der Waals surface area contributed by atoms with Gasteiger partial charge in [0.25, 0.3) is 0 Å². The fraction of sp³-hybridized carbons (Fsp3) is 0.0645. The minimum absolute atomic E-state index is 0.137. The summed E-state index contributed by atoms with van der Waals surface area (Å²) in [5.41, 5.74) is 20.6. The third kappa shape index (κ3) is 5.63. The topological polar surface area (TPSA) is 3.24 Å². The number of hydrogen-bond acceptors (Lipinski definition) is 1. The summed E-state index contributed by atoms with van der Waals surface area (Å²) in [6.45, 7) is 4.74. The molecule has 0 unspecified atom stereocenters. The molecule has 0 saturated carbocycles. The van der Waals surface area contributed by atoms with Crippen LogP contribution >= 0.6 is 0 Å². The van der Waals surface area contributed by atoms with Crippen LogP contribution in [0, 0.1) is 0 Å². The second-order valence-corrected chi connectivity index (χ2v) is 17.6. The van der Waals surface area contributed by atoms with E-state index in [2.05, 4.69) is 255 Å². The Balaban J connectivity index is 1.14. The van der Waals surface area contributed by atoms with Crippen LogP contribution in [0.25, 0.3) is 55.3 Å². The summed E-state index contributed by atoms with van der Waals surface area (Å²) in [4.78, 5) is 2.47. The highest BCUT2D eigenvalue weighted by atomic mass is 15.1. The van der Waals surface area contributed by atoms with Crippen LogP contribution in [0.15, 0.2) is 237 Å². The molecule has 0 saturated heterocycles. The van der Waals surface area contributed by atoms with Gasteiger partial charge in [0.2, 0.25) is 0 Å². The average Bonchev–Trinajstić information content (AvgIpc) is 3.78. The number of nitrogens with zero attached hydrogens (tertiary/aromatic N) is 1. The Morgan fingerprint density at radius 2 is 0.810 bits per heavy atom. The van der Waals surface area contributed by atoms with Gasteiger partial charge in [-0.15, -0.1) is 0 Å². The SMILES string of the molecule is CC1(C)c2ccccc2-c2ccc(N(c3ccc(-c4ccccc4)cc3)c3ccc4c(c3)-c3cc(-c5ccccc5)c5ccccc5c3C4(c3ccccc3)c3ccccc3)cc21. The average molecular weight is 804 g/mol. The molecule has 1 heteroatoms.